The lowest BCUT2D eigenvalue weighted by Gasteiger charge is -2.34. The molecule has 1 aliphatic carbocycles. The predicted molar refractivity (Wildman–Crippen MR) is 255 cm³/mol. The van der Waals surface area contributed by atoms with Gasteiger partial charge in [-0.05, 0) is 96.1 Å². The summed E-state index contributed by atoms with van der Waals surface area (Å²) in [4.78, 5) is 0. The van der Waals surface area contributed by atoms with Gasteiger partial charge in [0.2, 0.25) is 0 Å². The van der Waals surface area contributed by atoms with Crippen LogP contribution in [0.5, 0.6) is 0 Å². The molecule has 0 amide bonds. The van der Waals surface area contributed by atoms with Gasteiger partial charge in [0.25, 0.3) is 0 Å². The Labute approximate surface area is 356 Å². The molecule has 0 saturated carbocycles. The second-order valence-electron chi connectivity index (χ2n) is 16.7. The summed E-state index contributed by atoms with van der Waals surface area (Å²) in [6.45, 7) is 0. The Balaban J connectivity index is 0.963. The fourth-order valence-electron chi connectivity index (χ4n) is 10.6. The van der Waals surface area contributed by atoms with E-state index >= 15 is 0 Å². The topological polar surface area (TPSA) is 13.1 Å². The summed E-state index contributed by atoms with van der Waals surface area (Å²) in [7, 11) is 0. The van der Waals surface area contributed by atoms with E-state index in [0.717, 1.165) is 45.9 Å². The van der Waals surface area contributed by atoms with Crippen LogP contribution in [0.1, 0.15) is 51.3 Å². The van der Waals surface area contributed by atoms with Crippen molar-refractivity contribution in [2.45, 2.75) is 24.2 Å². The van der Waals surface area contributed by atoms with E-state index < -0.39 is 5.41 Å². The highest BCUT2D eigenvalue weighted by molar-refractivity contribution is 6.10. The lowest BCUT2D eigenvalue weighted by atomic mass is 9.67. The van der Waals surface area contributed by atoms with Crippen molar-refractivity contribution < 1.29 is 4.42 Å². The molecule has 0 N–H and O–H groups in total. The zero-order valence-corrected chi connectivity index (χ0v) is 33.8. The Morgan fingerprint density at radius 2 is 1.05 bits per heavy atom. The maximum absolute atomic E-state index is 6.49. The Kier molecular flexibility index (Phi) is 8.35. The summed E-state index contributed by atoms with van der Waals surface area (Å²) in [5.74, 6) is 0.255. The van der Waals surface area contributed by atoms with E-state index in [-0.39, 0.29) is 5.92 Å². The van der Waals surface area contributed by atoms with Gasteiger partial charge < -0.3 is 4.42 Å². The highest BCUT2D eigenvalue weighted by atomic mass is 16.3. The van der Waals surface area contributed by atoms with Gasteiger partial charge in [-0.25, -0.2) is 0 Å². The third-order valence-electron chi connectivity index (χ3n) is 13.4. The first-order chi connectivity index (χ1) is 30.2. The summed E-state index contributed by atoms with van der Waals surface area (Å²) < 4.78 is 6.49. The summed E-state index contributed by atoms with van der Waals surface area (Å²) in [6, 6.07) is 83.1. The lowest BCUT2D eigenvalue weighted by molar-refractivity contribution is 0.670. The highest BCUT2D eigenvalue weighted by Gasteiger charge is 2.46. The number of hydrogen-bond acceptors (Lipinski definition) is 1. The average molecular weight is 779 g/mol. The van der Waals surface area contributed by atoms with Crippen molar-refractivity contribution in [3.63, 3.8) is 0 Å². The Morgan fingerprint density at radius 1 is 0.393 bits per heavy atom. The maximum Gasteiger partial charge on any atom is 0.143 e. The molecule has 12 rings (SSSR count). The SMILES string of the molecule is c1ccc(C(CCc2ccc3c(c2)C(c2ccccc2)(c2ccc(-c4cccc5c4oc4ccccc45)cc2)c2ccccc2-3)c2ccc3c(ccc4ccccc43)c2)cc1. The molecule has 61 heavy (non-hydrogen) atoms. The quantitative estimate of drug-likeness (QED) is 0.140. The molecule has 2 unspecified atom stereocenters. The Bertz CT molecular complexity index is 3410. The van der Waals surface area contributed by atoms with Gasteiger partial charge in [0.15, 0.2) is 0 Å². The smallest absolute Gasteiger partial charge is 0.143 e. The lowest BCUT2D eigenvalue weighted by Crippen LogP contribution is -2.28. The van der Waals surface area contributed by atoms with Crippen LogP contribution in [-0.2, 0) is 11.8 Å². The Hall–Kier alpha value is -7.48. The third kappa shape index (κ3) is 5.69. The normalized spacial score (nSPS) is 15.0. The van der Waals surface area contributed by atoms with Crippen molar-refractivity contribution >= 4 is 43.5 Å². The van der Waals surface area contributed by atoms with E-state index in [2.05, 4.69) is 218 Å². The number of rotatable bonds is 8. The molecule has 0 bridgehead atoms. The van der Waals surface area contributed by atoms with E-state index in [9.17, 15) is 0 Å². The molecule has 1 heteroatoms. The van der Waals surface area contributed by atoms with E-state index in [1.165, 1.54) is 71.6 Å². The average Bonchev–Trinajstić information content (AvgIpc) is 3.86. The minimum atomic E-state index is -0.493. The number of para-hydroxylation sites is 2. The van der Waals surface area contributed by atoms with Crippen LogP contribution in [0.4, 0.5) is 0 Å². The number of hydrogen-bond donors (Lipinski definition) is 0. The van der Waals surface area contributed by atoms with Crippen LogP contribution in [0.2, 0.25) is 0 Å². The van der Waals surface area contributed by atoms with Crippen molar-refractivity contribution in [1.82, 2.24) is 0 Å². The van der Waals surface area contributed by atoms with Crippen LogP contribution in [0.25, 0.3) is 65.7 Å². The van der Waals surface area contributed by atoms with Crippen LogP contribution >= 0.6 is 0 Å². The number of aryl methyl sites for hydroxylation is 1. The standard InChI is InChI=1S/C60H42O/c1-3-14-41(15-4-1)48(44-32-37-50-45(39-44)29-28-42-16-7-8-19-49(42)50)35-26-40-27-36-53-52-20-9-11-24-56(52)60(57(53)38-40,46-17-5-2-6-18-46)47-33-30-43(31-34-47)51-22-13-23-55-54-21-10-12-25-58(54)61-59(51)55/h1-25,27-34,36-39,48H,26,35H2. The molecular formula is C60H42O. The molecule has 11 aromatic rings. The van der Waals surface area contributed by atoms with Gasteiger partial charge in [-0.15, -0.1) is 0 Å². The molecule has 288 valence electrons. The van der Waals surface area contributed by atoms with Gasteiger partial charge in [0.05, 0.1) is 5.41 Å². The molecular weight excluding hydrogens is 737 g/mol. The summed E-state index contributed by atoms with van der Waals surface area (Å²) in [5.41, 5.74) is 15.5. The largest absolute Gasteiger partial charge is 0.455 e. The molecule has 1 heterocycles. The van der Waals surface area contributed by atoms with Gasteiger partial charge in [-0.3, -0.25) is 0 Å². The molecule has 2 atom stereocenters. The minimum Gasteiger partial charge on any atom is -0.455 e. The van der Waals surface area contributed by atoms with Crippen molar-refractivity contribution in [3.05, 3.63) is 263 Å². The monoisotopic (exact) mass is 778 g/mol. The first-order valence-corrected chi connectivity index (χ1v) is 21.5. The van der Waals surface area contributed by atoms with E-state index in [1.807, 2.05) is 6.07 Å². The molecule has 0 spiro atoms. The molecule has 0 radical (unpaired) electrons. The van der Waals surface area contributed by atoms with Crippen LogP contribution in [0, 0.1) is 0 Å². The van der Waals surface area contributed by atoms with Crippen LogP contribution in [0.15, 0.2) is 229 Å². The van der Waals surface area contributed by atoms with E-state index in [4.69, 9.17) is 4.42 Å². The van der Waals surface area contributed by atoms with Gasteiger partial charge in [-0.2, -0.15) is 0 Å². The molecule has 1 aliphatic rings. The fourth-order valence-corrected chi connectivity index (χ4v) is 10.6. The van der Waals surface area contributed by atoms with Gasteiger partial charge in [0, 0.05) is 22.3 Å². The van der Waals surface area contributed by atoms with Crippen LogP contribution in [-0.4, -0.2) is 0 Å². The summed E-state index contributed by atoms with van der Waals surface area (Å²) in [6.07, 6.45) is 1.94. The third-order valence-corrected chi connectivity index (χ3v) is 13.4. The molecule has 0 aliphatic heterocycles. The Morgan fingerprint density at radius 3 is 1.92 bits per heavy atom. The minimum absolute atomic E-state index is 0.255. The second kappa shape index (κ2) is 14.4. The molecule has 0 fully saturated rings. The summed E-state index contributed by atoms with van der Waals surface area (Å²) >= 11 is 0. The maximum atomic E-state index is 6.49. The zero-order chi connectivity index (χ0) is 40.3. The van der Waals surface area contributed by atoms with Crippen molar-refractivity contribution in [2.24, 2.45) is 0 Å². The first-order valence-electron chi connectivity index (χ1n) is 21.5. The van der Waals surface area contributed by atoms with Gasteiger partial charge in [-0.1, -0.05) is 218 Å². The molecule has 10 aromatic carbocycles. The predicted octanol–water partition coefficient (Wildman–Crippen LogP) is 15.7. The van der Waals surface area contributed by atoms with E-state index in [1.54, 1.807) is 0 Å². The fraction of sp³-hybridized carbons (Fsp3) is 0.0667. The molecule has 0 saturated heterocycles. The van der Waals surface area contributed by atoms with Crippen LogP contribution < -0.4 is 0 Å². The second-order valence-corrected chi connectivity index (χ2v) is 16.7. The summed E-state index contributed by atoms with van der Waals surface area (Å²) in [5, 5.41) is 7.48. The van der Waals surface area contributed by atoms with Crippen molar-refractivity contribution in [2.75, 3.05) is 0 Å². The molecule has 1 aromatic heterocycles. The highest BCUT2D eigenvalue weighted by Crippen LogP contribution is 2.56. The molecule has 1 nitrogen and oxygen atoms in total. The van der Waals surface area contributed by atoms with Crippen molar-refractivity contribution in [3.8, 4) is 22.3 Å². The number of fused-ring (bicyclic) bond motifs is 9. The number of furan rings is 1. The zero-order valence-electron chi connectivity index (χ0n) is 33.8. The van der Waals surface area contributed by atoms with E-state index in [0.29, 0.717) is 0 Å². The number of benzene rings is 10. The first kappa shape index (κ1) is 35.5. The van der Waals surface area contributed by atoms with Crippen molar-refractivity contribution in [1.29, 1.82) is 0 Å². The van der Waals surface area contributed by atoms with Crippen LogP contribution in [0.3, 0.4) is 0 Å². The van der Waals surface area contributed by atoms with Gasteiger partial charge in [0.1, 0.15) is 11.2 Å². The van der Waals surface area contributed by atoms with Gasteiger partial charge >= 0.3 is 0 Å².